The van der Waals surface area contributed by atoms with Crippen LogP contribution in [0, 0.1) is 5.92 Å². The molecule has 1 amide bonds. The molecule has 114 valence electrons. The molecule has 1 saturated carbocycles. The molecule has 0 radical (unpaired) electrons. The summed E-state index contributed by atoms with van der Waals surface area (Å²) in [6, 6.07) is -0.795. The lowest BCUT2D eigenvalue weighted by atomic mass is 9.84. The zero-order valence-corrected chi connectivity index (χ0v) is 12.2. The van der Waals surface area contributed by atoms with Gasteiger partial charge in [0, 0.05) is 24.9 Å². The van der Waals surface area contributed by atoms with Crippen LogP contribution in [0.5, 0.6) is 0 Å². The molecule has 1 fully saturated rings. The van der Waals surface area contributed by atoms with Gasteiger partial charge in [0.25, 0.3) is 0 Å². The number of carboxylic acids is 1. The van der Waals surface area contributed by atoms with Gasteiger partial charge >= 0.3 is 5.97 Å². The van der Waals surface area contributed by atoms with Crippen molar-refractivity contribution in [1.82, 2.24) is 15.1 Å². The highest BCUT2D eigenvalue weighted by molar-refractivity contribution is 5.94. The lowest BCUT2D eigenvalue weighted by molar-refractivity contribution is -0.143. The summed E-state index contributed by atoms with van der Waals surface area (Å²) in [7, 11) is 1.79. The van der Waals surface area contributed by atoms with Gasteiger partial charge in [0.1, 0.15) is 6.04 Å². The molecule has 1 atom stereocenters. The molecule has 0 spiro atoms. The summed E-state index contributed by atoms with van der Waals surface area (Å²) in [4.78, 5) is 23.3. The number of amides is 1. The van der Waals surface area contributed by atoms with Crippen LogP contribution < -0.4 is 5.32 Å². The molecule has 1 aliphatic rings. The van der Waals surface area contributed by atoms with Gasteiger partial charge in [-0.1, -0.05) is 19.3 Å². The van der Waals surface area contributed by atoms with Crippen LogP contribution in [0.25, 0.3) is 6.08 Å². The average Bonchev–Trinajstić information content (AvgIpc) is 2.89. The Kier molecular flexibility index (Phi) is 5.14. The van der Waals surface area contributed by atoms with Crippen molar-refractivity contribution < 1.29 is 14.7 Å². The molecule has 0 bridgehead atoms. The molecule has 21 heavy (non-hydrogen) atoms. The highest BCUT2D eigenvalue weighted by Gasteiger charge is 2.30. The van der Waals surface area contributed by atoms with Gasteiger partial charge in [-0.3, -0.25) is 9.48 Å². The zero-order valence-electron chi connectivity index (χ0n) is 12.2. The molecule has 2 N–H and O–H groups in total. The van der Waals surface area contributed by atoms with Crippen molar-refractivity contribution in [2.45, 2.75) is 38.1 Å². The first-order valence-corrected chi connectivity index (χ1v) is 7.26. The Morgan fingerprint density at radius 3 is 2.71 bits per heavy atom. The number of rotatable bonds is 5. The number of aryl methyl sites for hydroxylation is 1. The normalized spacial score (nSPS) is 17.8. The SMILES string of the molecule is Cn1cc(/C=C/C(=O)NC(C(=O)O)C2CCCCC2)cn1. The van der Waals surface area contributed by atoms with Gasteiger partial charge in [0.15, 0.2) is 0 Å². The quantitative estimate of drug-likeness (QED) is 0.807. The largest absolute Gasteiger partial charge is 0.480 e. The summed E-state index contributed by atoms with van der Waals surface area (Å²) >= 11 is 0. The summed E-state index contributed by atoms with van der Waals surface area (Å²) in [6.45, 7) is 0. The lowest BCUT2D eigenvalue weighted by Gasteiger charge is -2.27. The number of aromatic nitrogens is 2. The minimum atomic E-state index is -0.954. The molecule has 2 rings (SSSR count). The number of hydrogen-bond donors (Lipinski definition) is 2. The van der Waals surface area contributed by atoms with Crippen LogP contribution in [-0.4, -0.2) is 32.8 Å². The lowest BCUT2D eigenvalue weighted by Crippen LogP contribution is -2.46. The van der Waals surface area contributed by atoms with Crippen LogP contribution in [0.4, 0.5) is 0 Å². The van der Waals surface area contributed by atoms with Crippen LogP contribution in [-0.2, 0) is 16.6 Å². The third kappa shape index (κ3) is 4.44. The Hall–Kier alpha value is -2.11. The molecule has 1 aromatic heterocycles. The van der Waals surface area contributed by atoms with E-state index in [2.05, 4.69) is 10.4 Å². The Labute approximate surface area is 123 Å². The summed E-state index contributed by atoms with van der Waals surface area (Å²) in [5.41, 5.74) is 0.803. The van der Waals surface area contributed by atoms with E-state index < -0.39 is 12.0 Å². The average molecular weight is 291 g/mol. The van der Waals surface area contributed by atoms with Crippen molar-refractivity contribution in [3.8, 4) is 0 Å². The molecular weight excluding hydrogens is 270 g/mol. The maximum Gasteiger partial charge on any atom is 0.326 e. The van der Waals surface area contributed by atoms with Gasteiger partial charge in [-0.2, -0.15) is 5.10 Å². The van der Waals surface area contributed by atoms with Crippen LogP contribution >= 0.6 is 0 Å². The number of carbonyl (C=O) groups excluding carboxylic acids is 1. The molecule has 6 nitrogen and oxygen atoms in total. The highest BCUT2D eigenvalue weighted by atomic mass is 16.4. The second-order valence-electron chi connectivity index (χ2n) is 5.50. The minimum Gasteiger partial charge on any atom is -0.480 e. The monoisotopic (exact) mass is 291 g/mol. The van der Waals surface area contributed by atoms with E-state index in [1.165, 1.54) is 6.08 Å². The van der Waals surface area contributed by atoms with Gasteiger partial charge in [-0.25, -0.2) is 4.79 Å². The number of nitrogens with zero attached hydrogens (tertiary/aromatic N) is 2. The van der Waals surface area contributed by atoms with Crippen molar-refractivity contribution >= 4 is 18.0 Å². The summed E-state index contributed by atoms with van der Waals surface area (Å²) in [5, 5.41) is 15.9. The fourth-order valence-corrected chi connectivity index (χ4v) is 2.75. The van der Waals surface area contributed by atoms with Crippen molar-refractivity contribution in [3.05, 3.63) is 24.0 Å². The Bertz CT molecular complexity index is 530. The zero-order chi connectivity index (χ0) is 15.2. The first-order valence-electron chi connectivity index (χ1n) is 7.26. The van der Waals surface area contributed by atoms with E-state index in [9.17, 15) is 14.7 Å². The number of aliphatic carboxylic acids is 1. The standard InChI is InChI=1S/C15H21N3O3/c1-18-10-11(9-16-18)7-8-13(19)17-14(15(20)21)12-5-3-2-4-6-12/h7-10,12,14H,2-6H2,1H3,(H,17,19)(H,20,21)/b8-7+. The Morgan fingerprint density at radius 1 is 1.43 bits per heavy atom. The number of carboxylic acid groups (broad SMARTS) is 1. The van der Waals surface area contributed by atoms with E-state index in [4.69, 9.17) is 0 Å². The summed E-state index contributed by atoms with van der Waals surface area (Å²) < 4.78 is 1.64. The molecule has 1 aromatic rings. The van der Waals surface area contributed by atoms with Gasteiger partial charge in [0.2, 0.25) is 5.91 Å². The van der Waals surface area contributed by atoms with Crippen LogP contribution in [0.15, 0.2) is 18.5 Å². The predicted molar refractivity (Wildman–Crippen MR) is 78.4 cm³/mol. The van der Waals surface area contributed by atoms with E-state index in [-0.39, 0.29) is 11.8 Å². The topological polar surface area (TPSA) is 84.2 Å². The van der Waals surface area contributed by atoms with Gasteiger partial charge in [-0.15, -0.1) is 0 Å². The molecule has 1 aliphatic carbocycles. The van der Waals surface area contributed by atoms with Crippen molar-refractivity contribution in [2.75, 3.05) is 0 Å². The van der Waals surface area contributed by atoms with Crippen LogP contribution in [0.3, 0.4) is 0 Å². The molecule has 0 saturated heterocycles. The van der Waals surface area contributed by atoms with Gasteiger partial charge in [-0.05, 0) is 24.8 Å². The second kappa shape index (κ2) is 7.06. The number of nitrogens with one attached hydrogen (secondary N) is 1. The number of hydrogen-bond acceptors (Lipinski definition) is 3. The molecule has 6 heteroatoms. The van der Waals surface area contributed by atoms with E-state index in [0.29, 0.717) is 0 Å². The Morgan fingerprint density at radius 2 is 2.14 bits per heavy atom. The Balaban J connectivity index is 1.94. The molecule has 1 unspecified atom stereocenters. The van der Waals surface area contributed by atoms with Crippen molar-refractivity contribution in [1.29, 1.82) is 0 Å². The minimum absolute atomic E-state index is 0.0343. The molecule has 1 heterocycles. The second-order valence-corrected chi connectivity index (χ2v) is 5.50. The van der Waals surface area contributed by atoms with E-state index in [1.807, 2.05) is 0 Å². The van der Waals surface area contributed by atoms with Gasteiger partial charge in [0.05, 0.1) is 6.20 Å². The van der Waals surface area contributed by atoms with E-state index in [0.717, 1.165) is 37.7 Å². The smallest absolute Gasteiger partial charge is 0.326 e. The third-order valence-corrected chi connectivity index (χ3v) is 3.84. The first-order chi connectivity index (χ1) is 10.1. The summed E-state index contributed by atoms with van der Waals surface area (Å²) in [5.74, 6) is -1.30. The van der Waals surface area contributed by atoms with E-state index in [1.54, 1.807) is 30.2 Å². The number of carbonyl (C=O) groups is 2. The third-order valence-electron chi connectivity index (χ3n) is 3.84. The maximum atomic E-state index is 11.9. The van der Waals surface area contributed by atoms with Crippen LogP contribution in [0.1, 0.15) is 37.7 Å². The highest BCUT2D eigenvalue weighted by Crippen LogP contribution is 2.26. The fraction of sp³-hybridized carbons (Fsp3) is 0.533. The van der Waals surface area contributed by atoms with Crippen LogP contribution in [0.2, 0.25) is 0 Å². The van der Waals surface area contributed by atoms with Gasteiger partial charge < -0.3 is 10.4 Å². The van der Waals surface area contributed by atoms with E-state index >= 15 is 0 Å². The maximum absolute atomic E-state index is 11.9. The molecule has 0 aromatic carbocycles. The molecule has 0 aliphatic heterocycles. The van der Waals surface area contributed by atoms with Crippen molar-refractivity contribution in [3.63, 3.8) is 0 Å². The fourth-order valence-electron chi connectivity index (χ4n) is 2.75. The van der Waals surface area contributed by atoms with Crippen molar-refractivity contribution in [2.24, 2.45) is 13.0 Å². The first kappa shape index (κ1) is 15.3. The summed E-state index contributed by atoms with van der Waals surface area (Å²) in [6.07, 6.45) is 11.4. The predicted octanol–water partition coefficient (Wildman–Crippen LogP) is 1.58. The molecular formula is C15H21N3O3.